The molecule has 0 saturated heterocycles. The maximum atomic E-state index is 11.9. The van der Waals surface area contributed by atoms with Gasteiger partial charge in [0, 0.05) is 17.8 Å². The Morgan fingerprint density at radius 3 is 2.78 bits per heavy atom. The monoisotopic (exact) mass is 289 g/mol. The van der Waals surface area contributed by atoms with E-state index in [0.717, 1.165) is 0 Å². The summed E-state index contributed by atoms with van der Waals surface area (Å²) in [7, 11) is -3.72. The van der Waals surface area contributed by atoms with Gasteiger partial charge < -0.3 is 10.7 Å². The highest BCUT2D eigenvalue weighted by atomic mass is 32.2. The van der Waals surface area contributed by atoms with Gasteiger partial charge in [-0.25, -0.2) is 13.1 Å². The van der Waals surface area contributed by atoms with E-state index in [1.165, 1.54) is 13.1 Å². The molecular weight excluding hydrogens is 278 g/mol. The number of aromatic amines is 2. The molecule has 0 saturated carbocycles. The first kappa shape index (κ1) is 12.8. The van der Waals surface area contributed by atoms with Gasteiger partial charge in [0.05, 0.1) is 6.20 Å². The third-order valence-electron chi connectivity index (χ3n) is 2.23. The van der Waals surface area contributed by atoms with Crippen LogP contribution in [0.1, 0.15) is 11.3 Å². The number of nitrogens with zero attached hydrogens (tertiary/aromatic N) is 1. The number of nitrogens with one attached hydrogen (secondary N) is 3. The number of hydrogen-bond donors (Lipinski definition) is 4. The summed E-state index contributed by atoms with van der Waals surface area (Å²) in [4.78, 5) is 13.1. The van der Waals surface area contributed by atoms with E-state index >= 15 is 0 Å². The van der Waals surface area contributed by atoms with Gasteiger partial charge in [0.15, 0.2) is 4.21 Å². The maximum Gasteiger partial charge on any atom is 0.305 e. The van der Waals surface area contributed by atoms with E-state index in [0.29, 0.717) is 28.4 Å². The summed E-state index contributed by atoms with van der Waals surface area (Å²) >= 11 is 0.646. The predicted octanol–water partition coefficient (Wildman–Crippen LogP) is -0.471. The van der Waals surface area contributed by atoms with Crippen molar-refractivity contribution in [2.75, 3.05) is 5.73 Å². The third-order valence-corrected chi connectivity index (χ3v) is 5.24. The van der Waals surface area contributed by atoms with Gasteiger partial charge in [-0.3, -0.25) is 9.89 Å². The smallest absolute Gasteiger partial charge is 0.305 e. The van der Waals surface area contributed by atoms with Crippen LogP contribution in [0, 0.1) is 6.92 Å². The van der Waals surface area contributed by atoms with Crippen LogP contribution >= 0.6 is 11.3 Å². The fraction of sp³-hybridized carbons (Fsp3) is 0.250. The minimum Gasteiger partial charge on any atom is -0.384 e. The number of aryl methyl sites for hydroxylation is 1. The summed E-state index contributed by atoms with van der Waals surface area (Å²) in [5.74, 6) is 0.302. The van der Waals surface area contributed by atoms with Crippen LogP contribution in [0.5, 0.6) is 0 Å². The van der Waals surface area contributed by atoms with Crippen LogP contribution in [0.15, 0.2) is 15.2 Å². The van der Waals surface area contributed by atoms with E-state index < -0.39 is 14.9 Å². The van der Waals surface area contributed by atoms with Crippen LogP contribution < -0.4 is 15.3 Å². The highest BCUT2D eigenvalue weighted by Crippen LogP contribution is 2.16. The fourth-order valence-electron chi connectivity index (χ4n) is 1.35. The molecule has 0 aromatic carbocycles. The molecular formula is C8H11N5O3S2. The first-order valence-corrected chi connectivity index (χ1v) is 7.17. The van der Waals surface area contributed by atoms with Gasteiger partial charge in [-0.2, -0.15) is 5.10 Å². The van der Waals surface area contributed by atoms with E-state index in [1.807, 2.05) is 0 Å². The summed E-state index contributed by atoms with van der Waals surface area (Å²) in [6.45, 7) is 1.54. The van der Waals surface area contributed by atoms with Crippen molar-refractivity contribution in [1.29, 1.82) is 0 Å². The Hall–Kier alpha value is -1.65. The molecule has 98 valence electrons. The van der Waals surface area contributed by atoms with Crippen molar-refractivity contribution in [1.82, 2.24) is 19.9 Å². The normalized spacial score (nSPS) is 11.8. The van der Waals surface area contributed by atoms with Crippen molar-refractivity contribution in [3.8, 4) is 0 Å². The molecule has 0 spiro atoms. The zero-order valence-corrected chi connectivity index (χ0v) is 11.0. The van der Waals surface area contributed by atoms with Crippen molar-refractivity contribution in [3.05, 3.63) is 27.1 Å². The lowest BCUT2D eigenvalue weighted by Gasteiger charge is -2.04. The standard InChI is InChI=1S/C8H11N5O3S2/c1-4-7(17-8(14)12-4)18(15,16)11-3-5-2-10-13-6(5)9/h2,11H,3H2,1H3,(H,12,14)(H3,9,10,13). The first-order valence-electron chi connectivity index (χ1n) is 4.87. The molecule has 0 unspecified atom stereocenters. The van der Waals surface area contributed by atoms with Crippen molar-refractivity contribution < 1.29 is 8.42 Å². The number of nitrogen functional groups attached to an aromatic ring is 1. The quantitative estimate of drug-likeness (QED) is 0.603. The minimum absolute atomic E-state index is 0.0101. The molecule has 2 rings (SSSR count). The SMILES string of the molecule is Cc1[nH]c(=O)sc1S(=O)(=O)NCc1cn[nH]c1N. The van der Waals surface area contributed by atoms with Crippen LogP contribution in [0.3, 0.4) is 0 Å². The van der Waals surface area contributed by atoms with Crippen molar-refractivity contribution in [3.63, 3.8) is 0 Å². The average Bonchev–Trinajstić information content (AvgIpc) is 2.82. The van der Waals surface area contributed by atoms with E-state index in [9.17, 15) is 13.2 Å². The highest BCUT2D eigenvalue weighted by molar-refractivity contribution is 7.91. The van der Waals surface area contributed by atoms with Gasteiger partial charge >= 0.3 is 4.87 Å². The molecule has 2 aromatic rings. The topological polar surface area (TPSA) is 134 Å². The molecule has 5 N–H and O–H groups in total. The zero-order chi connectivity index (χ0) is 13.3. The third kappa shape index (κ3) is 2.44. The first-order chi connectivity index (χ1) is 8.40. The second kappa shape index (κ2) is 4.55. The lowest BCUT2D eigenvalue weighted by Crippen LogP contribution is -2.23. The van der Waals surface area contributed by atoms with Gasteiger partial charge in [0.2, 0.25) is 0 Å². The number of thiazole rings is 1. The van der Waals surface area contributed by atoms with E-state index in [-0.39, 0.29) is 10.8 Å². The molecule has 18 heavy (non-hydrogen) atoms. The Balaban J connectivity index is 2.21. The number of hydrogen-bond acceptors (Lipinski definition) is 6. The van der Waals surface area contributed by atoms with Gasteiger partial charge in [0.25, 0.3) is 10.0 Å². The van der Waals surface area contributed by atoms with Crippen LogP contribution in [-0.4, -0.2) is 23.6 Å². The highest BCUT2D eigenvalue weighted by Gasteiger charge is 2.20. The van der Waals surface area contributed by atoms with Crippen LogP contribution in [0.4, 0.5) is 5.82 Å². The molecule has 2 aromatic heterocycles. The molecule has 0 aliphatic rings. The van der Waals surface area contributed by atoms with Gasteiger partial charge in [-0.15, -0.1) is 0 Å². The predicted molar refractivity (Wildman–Crippen MR) is 66.7 cm³/mol. The van der Waals surface area contributed by atoms with Crippen LogP contribution in [0.2, 0.25) is 0 Å². The van der Waals surface area contributed by atoms with Crippen molar-refractivity contribution in [2.24, 2.45) is 0 Å². The summed E-state index contributed by atoms with van der Waals surface area (Å²) in [6, 6.07) is 0. The summed E-state index contributed by atoms with van der Waals surface area (Å²) in [5.41, 5.74) is 6.39. The lowest BCUT2D eigenvalue weighted by atomic mass is 10.3. The number of H-pyrrole nitrogens is 2. The molecule has 0 radical (unpaired) electrons. The average molecular weight is 289 g/mol. The Labute approximate surface area is 106 Å². The maximum absolute atomic E-state index is 11.9. The summed E-state index contributed by atoms with van der Waals surface area (Å²) in [6.07, 6.45) is 1.43. The Kier molecular flexibility index (Phi) is 3.24. The zero-order valence-electron chi connectivity index (χ0n) is 9.35. The molecule has 2 heterocycles. The fourth-order valence-corrected chi connectivity index (χ4v) is 3.70. The van der Waals surface area contributed by atoms with Gasteiger partial charge in [-0.1, -0.05) is 11.3 Å². The Bertz CT molecular complexity index is 711. The van der Waals surface area contributed by atoms with Gasteiger partial charge in [0.1, 0.15) is 5.82 Å². The lowest BCUT2D eigenvalue weighted by molar-refractivity contribution is 0.583. The number of rotatable bonds is 4. The Morgan fingerprint density at radius 1 is 1.56 bits per heavy atom. The second-order valence-corrected chi connectivity index (χ2v) is 6.51. The van der Waals surface area contributed by atoms with Gasteiger partial charge in [-0.05, 0) is 6.92 Å². The van der Waals surface area contributed by atoms with Crippen molar-refractivity contribution >= 4 is 27.2 Å². The Morgan fingerprint density at radius 2 is 2.28 bits per heavy atom. The van der Waals surface area contributed by atoms with Crippen molar-refractivity contribution in [2.45, 2.75) is 17.7 Å². The number of anilines is 1. The number of sulfonamides is 1. The summed E-state index contributed by atoms with van der Waals surface area (Å²) < 4.78 is 26.2. The molecule has 0 aliphatic carbocycles. The van der Waals surface area contributed by atoms with E-state index in [2.05, 4.69) is 19.9 Å². The molecule has 8 nitrogen and oxygen atoms in total. The molecule has 0 aliphatic heterocycles. The van der Waals surface area contributed by atoms with Crippen LogP contribution in [0.25, 0.3) is 0 Å². The molecule has 0 amide bonds. The molecule has 10 heteroatoms. The molecule has 0 atom stereocenters. The van der Waals surface area contributed by atoms with Crippen LogP contribution in [-0.2, 0) is 16.6 Å². The molecule has 0 bridgehead atoms. The minimum atomic E-state index is -3.72. The second-order valence-electron chi connectivity index (χ2n) is 3.56. The summed E-state index contributed by atoms with van der Waals surface area (Å²) in [5, 5.41) is 6.18. The number of nitrogens with two attached hydrogens (primary N) is 1. The largest absolute Gasteiger partial charge is 0.384 e. The van der Waals surface area contributed by atoms with E-state index in [4.69, 9.17) is 5.73 Å². The molecule has 0 fully saturated rings. The van der Waals surface area contributed by atoms with E-state index in [1.54, 1.807) is 0 Å². The number of aromatic nitrogens is 3.